The number of thiocarbonyl (C=S) groups is 1. The quantitative estimate of drug-likeness (QED) is 0.837. The largest absolute Gasteiger partial charge is 0.389 e. The SMILES string of the molecule is CN1CCCC(Nc2cc(Br)ccc2C(N)=S)C1. The van der Waals surface area contributed by atoms with Crippen molar-refractivity contribution in [3.8, 4) is 0 Å². The molecule has 1 atom stereocenters. The predicted molar refractivity (Wildman–Crippen MR) is 84.2 cm³/mol. The number of nitrogens with one attached hydrogen (secondary N) is 1. The maximum atomic E-state index is 5.76. The van der Waals surface area contributed by atoms with Crippen LogP contribution in [0.5, 0.6) is 0 Å². The van der Waals surface area contributed by atoms with E-state index in [1.165, 1.54) is 19.4 Å². The first kappa shape index (κ1) is 13.8. The van der Waals surface area contributed by atoms with Gasteiger partial charge in [0.2, 0.25) is 0 Å². The number of benzene rings is 1. The number of hydrogen-bond donors (Lipinski definition) is 2. The van der Waals surface area contributed by atoms with Crippen LogP contribution in [0.1, 0.15) is 18.4 Å². The van der Waals surface area contributed by atoms with E-state index < -0.39 is 0 Å². The van der Waals surface area contributed by atoms with Gasteiger partial charge < -0.3 is 16.0 Å². The highest BCUT2D eigenvalue weighted by atomic mass is 79.9. The lowest BCUT2D eigenvalue weighted by Crippen LogP contribution is -2.40. The third-order valence-electron chi connectivity index (χ3n) is 3.23. The lowest BCUT2D eigenvalue weighted by molar-refractivity contribution is 0.261. The van der Waals surface area contributed by atoms with E-state index in [0.29, 0.717) is 11.0 Å². The Labute approximate surface area is 122 Å². The zero-order valence-electron chi connectivity index (χ0n) is 10.4. The number of anilines is 1. The van der Waals surface area contributed by atoms with Crippen molar-refractivity contribution in [1.82, 2.24) is 4.90 Å². The Kier molecular flexibility index (Phi) is 4.59. The van der Waals surface area contributed by atoms with Gasteiger partial charge in [0, 0.05) is 28.3 Å². The van der Waals surface area contributed by atoms with Gasteiger partial charge in [-0.2, -0.15) is 0 Å². The molecule has 18 heavy (non-hydrogen) atoms. The summed E-state index contributed by atoms with van der Waals surface area (Å²) in [4.78, 5) is 2.79. The van der Waals surface area contributed by atoms with E-state index in [2.05, 4.69) is 33.2 Å². The maximum Gasteiger partial charge on any atom is 0.106 e. The van der Waals surface area contributed by atoms with Gasteiger partial charge in [0.25, 0.3) is 0 Å². The number of halogens is 1. The molecule has 0 radical (unpaired) electrons. The molecule has 5 heteroatoms. The average Bonchev–Trinajstić information content (AvgIpc) is 2.28. The van der Waals surface area contributed by atoms with Gasteiger partial charge in [-0.05, 0) is 44.6 Å². The van der Waals surface area contributed by atoms with E-state index in [1.807, 2.05) is 18.2 Å². The molecule has 1 saturated heterocycles. The Balaban J connectivity index is 2.16. The third-order valence-corrected chi connectivity index (χ3v) is 3.94. The first-order valence-corrected chi connectivity index (χ1v) is 7.31. The van der Waals surface area contributed by atoms with E-state index in [-0.39, 0.29) is 0 Å². The zero-order chi connectivity index (χ0) is 13.1. The normalized spacial score (nSPS) is 20.7. The molecule has 98 valence electrons. The lowest BCUT2D eigenvalue weighted by atomic mass is 10.0. The molecule has 3 nitrogen and oxygen atoms in total. The van der Waals surface area contributed by atoms with Crippen molar-refractivity contribution in [3.63, 3.8) is 0 Å². The first-order valence-electron chi connectivity index (χ1n) is 6.10. The van der Waals surface area contributed by atoms with Crippen molar-refractivity contribution < 1.29 is 0 Å². The van der Waals surface area contributed by atoms with Crippen LogP contribution in [-0.2, 0) is 0 Å². The van der Waals surface area contributed by atoms with E-state index in [1.54, 1.807) is 0 Å². The molecule has 2 rings (SSSR count). The summed E-state index contributed by atoms with van der Waals surface area (Å²) in [5.41, 5.74) is 7.71. The second-order valence-electron chi connectivity index (χ2n) is 4.80. The molecule has 3 N–H and O–H groups in total. The Morgan fingerprint density at radius 3 is 3.00 bits per heavy atom. The van der Waals surface area contributed by atoms with Crippen molar-refractivity contribution >= 4 is 38.8 Å². The summed E-state index contributed by atoms with van der Waals surface area (Å²) < 4.78 is 1.04. The van der Waals surface area contributed by atoms with Crippen LogP contribution in [0.4, 0.5) is 5.69 Å². The molecule has 0 aromatic heterocycles. The standard InChI is InChI=1S/C13H18BrN3S/c1-17-6-2-3-10(8-17)16-12-7-9(14)4-5-11(12)13(15)18/h4-5,7,10,16H,2-3,6,8H2,1H3,(H2,15,18). The zero-order valence-corrected chi connectivity index (χ0v) is 12.9. The third kappa shape index (κ3) is 3.43. The molecule has 0 amide bonds. The summed E-state index contributed by atoms with van der Waals surface area (Å²) in [5.74, 6) is 0. The molecule has 0 aliphatic carbocycles. The van der Waals surface area contributed by atoms with Crippen LogP contribution in [0.2, 0.25) is 0 Å². The van der Waals surface area contributed by atoms with Crippen LogP contribution in [-0.4, -0.2) is 36.1 Å². The lowest BCUT2D eigenvalue weighted by Gasteiger charge is -2.31. The van der Waals surface area contributed by atoms with Gasteiger partial charge in [0.15, 0.2) is 0 Å². The summed E-state index contributed by atoms with van der Waals surface area (Å²) in [6.45, 7) is 2.24. The van der Waals surface area contributed by atoms with Gasteiger partial charge in [0.05, 0.1) is 0 Å². The Morgan fingerprint density at radius 1 is 1.56 bits per heavy atom. The summed E-state index contributed by atoms with van der Waals surface area (Å²) in [7, 11) is 2.16. The molecular weight excluding hydrogens is 310 g/mol. The molecule has 0 saturated carbocycles. The minimum Gasteiger partial charge on any atom is -0.389 e. The number of likely N-dealkylation sites (N-methyl/N-ethyl adjacent to an activating group) is 1. The molecule has 1 unspecified atom stereocenters. The number of nitrogens with zero attached hydrogens (tertiary/aromatic N) is 1. The molecule has 0 bridgehead atoms. The van der Waals surface area contributed by atoms with E-state index >= 15 is 0 Å². The van der Waals surface area contributed by atoms with Crippen LogP contribution in [0, 0.1) is 0 Å². The van der Waals surface area contributed by atoms with Crippen LogP contribution < -0.4 is 11.1 Å². The van der Waals surface area contributed by atoms with Crippen LogP contribution in [0.3, 0.4) is 0 Å². The second kappa shape index (κ2) is 5.99. The van der Waals surface area contributed by atoms with Gasteiger partial charge >= 0.3 is 0 Å². The van der Waals surface area contributed by atoms with Gasteiger partial charge in [-0.3, -0.25) is 0 Å². The minimum absolute atomic E-state index is 0.439. The molecule has 0 spiro atoms. The topological polar surface area (TPSA) is 41.3 Å². The minimum atomic E-state index is 0.439. The maximum absolute atomic E-state index is 5.76. The van der Waals surface area contributed by atoms with Gasteiger partial charge in [0.1, 0.15) is 4.99 Å². The van der Waals surface area contributed by atoms with Crippen LogP contribution in [0.25, 0.3) is 0 Å². The van der Waals surface area contributed by atoms with Crippen molar-refractivity contribution in [3.05, 3.63) is 28.2 Å². The number of piperidine rings is 1. The van der Waals surface area contributed by atoms with E-state index in [0.717, 1.165) is 22.3 Å². The highest BCUT2D eigenvalue weighted by molar-refractivity contribution is 9.10. The van der Waals surface area contributed by atoms with Crippen LogP contribution >= 0.6 is 28.1 Å². The number of nitrogens with two attached hydrogens (primary N) is 1. The fourth-order valence-electron chi connectivity index (χ4n) is 2.35. The molecule has 1 aromatic rings. The van der Waals surface area contributed by atoms with E-state index in [9.17, 15) is 0 Å². The Hall–Kier alpha value is -0.650. The highest BCUT2D eigenvalue weighted by Gasteiger charge is 2.18. The molecule has 1 aliphatic rings. The Bertz CT molecular complexity index is 450. The van der Waals surface area contributed by atoms with Crippen molar-refractivity contribution in [2.24, 2.45) is 5.73 Å². The van der Waals surface area contributed by atoms with E-state index in [4.69, 9.17) is 18.0 Å². The average molecular weight is 328 g/mol. The number of hydrogen-bond acceptors (Lipinski definition) is 3. The van der Waals surface area contributed by atoms with Crippen molar-refractivity contribution in [2.75, 3.05) is 25.5 Å². The summed E-state index contributed by atoms with van der Waals surface area (Å²) >= 11 is 8.58. The summed E-state index contributed by atoms with van der Waals surface area (Å²) in [5, 5.41) is 3.56. The number of rotatable bonds is 3. The molecule has 1 aromatic carbocycles. The fourth-order valence-corrected chi connectivity index (χ4v) is 2.89. The van der Waals surface area contributed by atoms with Gasteiger partial charge in [-0.15, -0.1) is 0 Å². The predicted octanol–water partition coefficient (Wildman–Crippen LogP) is 2.59. The summed E-state index contributed by atoms with van der Waals surface area (Å²) in [6.07, 6.45) is 2.41. The second-order valence-corrected chi connectivity index (χ2v) is 6.16. The fraction of sp³-hybridized carbons (Fsp3) is 0.462. The monoisotopic (exact) mass is 327 g/mol. The molecular formula is C13H18BrN3S. The Morgan fingerprint density at radius 2 is 2.33 bits per heavy atom. The highest BCUT2D eigenvalue weighted by Crippen LogP contribution is 2.24. The summed E-state index contributed by atoms with van der Waals surface area (Å²) in [6, 6.07) is 6.43. The smallest absolute Gasteiger partial charge is 0.106 e. The molecule has 1 heterocycles. The van der Waals surface area contributed by atoms with Gasteiger partial charge in [-0.1, -0.05) is 28.1 Å². The van der Waals surface area contributed by atoms with Crippen molar-refractivity contribution in [2.45, 2.75) is 18.9 Å². The first-order chi connectivity index (χ1) is 8.56. The number of likely N-dealkylation sites (tertiary alicyclic amines) is 1. The van der Waals surface area contributed by atoms with Crippen LogP contribution in [0.15, 0.2) is 22.7 Å². The molecule has 1 fully saturated rings. The van der Waals surface area contributed by atoms with Gasteiger partial charge in [-0.25, -0.2) is 0 Å². The van der Waals surface area contributed by atoms with Crippen molar-refractivity contribution in [1.29, 1.82) is 0 Å². The molecule has 1 aliphatic heterocycles.